The predicted molar refractivity (Wildman–Crippen MR) is 98.9 cm³/mol. The lowest BCUT2D eigenvalue weighted by Crippen LogP contribution is -2.56. The first-order valence-corrected chi connectivity index (χ1v) is 10.2. The van der Waals surface area contributed by atoms with Crippen molar-refractivity contribution in [2.75, 3.05) is 19.6 Å². The van der Waals surface area contributed by atoms with E-state index in [0.29, 0.717) is 13.0 Å². The summed E-state index contributed by atoms with van der Waals surface area (Å²) in [4.78, 5) is 27.6. The topological polar surface area (TPSA) is 72.2 Å². The van der Waals surface area contributed by atoms with E-state index in [1.165, 1.54) is 62.7 Å². The molecular weight excluding hydrogens is 330 g/mol. The van der Waals surface area contributed by atoms with Crippen molar-refractivity contribution in [1.82, 2.24) is 24.6 Å². The molecule has 3 heterocycles. The summed E-state index contributed by atoms with van der Waals surface area (Å²) in [5.74, 6) is 0.793. The van der Waals surface area contributed by atoms with E-state index >= 15 is 0 Å². The van der Waals surface area contributed by atoms with Gasteiger partial charge < -0.3 is 5.32 Å². The van der Waals surface area contributed by atoms with E-state index < -0.39 is 0 Å². The molecule has 1 amide bonds. The normalized spacial score (nSPS) is 25.8. The molecule has 26 heavy (non-hydrogen) atoms. The van der Waals surface area contributed by atoms with Gasteiger partial charge in [-0.3, -0.25) is 14.3 Å². The fourth-order valence-electron chi connectivity index (χ4n) is 5.15. The van der Waals surface area contributed by atoms with Gasteiger partial charge in [0, 0.05) is 32.1 Å². The average molecular weight is 361 g/mol. The molecule has 1 aliphatic carbocycles. The van der Waals surface area contributed by atoms with E-state index in [-0.39, 0.29) is 23.1 Å². The second kappa shape index (κ2) is 7.18. The molecule has 1 saturated carbocycles. The van der Waals surface area contributed by atoms with E-state index in [9.17, 15) is 9.59 Å². The fraction of sp³-hybridized carbons (Fsp3) is 0.842. The molecule has 1 unspecified atom stereocenters. The maximum Gasteiger partial charge on any atom is 0.345 e. The van der Waals surface area contributed by atoms with Gasteiger partial charge in [0.05, 0.1) is 5.92 Å². The van der Waals surface area contributed by atoms with E-state index in [1.807, 2.05) is 0 Å². The molecule has 1 aromatic rings. The van der Waals surface area contributed by atoms with Gasteiger partial charge >= 0.3 is 5.69 Å². The molecule has 0 bridgehead atoms. The highest BCUT2D eigenvalue weighted by molar-refractivity contribution is 5.78. The van der Waals surface area contributed by atoms with Gasteiger partial charge in [0.15, 0.2) is 0 Å². The number of amides is 1. The monoisotopic (exact) mass is 361 g/mol. The fourth-order valence-corrected chi connectivity index (χ4v) is 5.15. The number of hydrogen-bond donors (Lipinski definition) is 1. The van der Waals surface area contributed by atoms with Crippen LogP contribution < -0.4 is 11.0 Å². The van der Waals surface area contributed by atoms with Gasteiger partial charge in [0.25, 0.3) is 0 Å². The summed E-state index contributed by atoms with van der Waals surface area (Å²) in [7, 11) is 1.67. The van der Waals surface area contributed by atoms with Gasteiger partial charge in [0.1, 0.15) is 5.82 Å². The van der Waals surface area contributed by atoms with Crippen LogP contribution in [0.5, 0.6) is 0 Å². The highest BCUT2D eigenvalue weighted by Gasteiger charge is 2.40. The van der Waals surface area contributed by atoms with Gasteiger partial charge in [-0.1, -0.05) is 19.3 Å². The maximum atomic E-state index is 12.9. The lowest BCUT2D eigenvalue weighted by atomic mass is 9.80. The van der Waals surface area contributed by atoms with Crippen molar-refractivity contribution in [3.63, 3.8) is 0 Å². The van der Waals surface area contributed by atoms with Crippen LogP contribution in [-0.2, 0) is 24.8 Å². The molecule has 0 radical (unpaired) electrons. The van der Waals surface area contributed by atoms with Crippen LogP contribution in [0.3, 0.4) is 0 Å². The first-order valence-electron chi connectivity index (χ1n) is 10.2. The summed E-state index contributed by atoms with van der Waals surface area (Å²) in [6, 6.07) is 0. The van der Waals surface area contributed by atoms with Crippen LogP contribution in [0.4, 0.5) is 0 Å². The second-order valence-electron chi connectivity index (χ2n) is 8.37. The van der Waals surface area contributed by atoms with Crippen molar-refractivity contribution in [1.29, 1.82) is 0 Å². The third-order valence-electron chi connectivity index (χ3n) is 6.73. The number of aryl methyl sites for hydroxylation is 2. The minimum atomic E-state index is -0.122. The van der Waals surface area contributed by atoms with Crippen LogP contribution in [0.2, 0.25) is 0 Å². The number of nitrogens with zero attached hydrogens (tertiary/aromatic N) is 4. The van der Waals surface area contributed by atoms with Crippen molar-refractivity contribution in [3.05, 3.63) is 16.3 Å². The first kappa shape index (κ1) is 17.8. The summed E-state index contributed by atoms with van der Waals surface area (Å²) in [6.07, 6.45) is 10.3. The largest absolute Gasteiger partial charge is 0.354 e. The van der Waals surface area contributed by atoms with Crippen molar-refractivity contribution in [2.45, 2.75) is 69.9 Å². The molecule has 7 nitrogen and oxygen atoms in total. The van der Waals surface area contributed by atoms with Gasteiger partial charge in [-0.2, -0.15) is 5.10 Å². The van der Waals surface area contributed by atoms with Gasteiger partial charge in [0.2, 0.25) is 5.91 Å². The Morgan fingerprint density at radius 2 is 1.92 bits per heavy atom. The molecule has 2 fully saturated rings. The van der Waals surface area contributed by atoms with Crippen LogP contribution in [0.25, 0.3) is 0 Å². The van der Waals surface area contributed by atoms with Crippen LogP contribution >= 0.6 is 0 Å². The number of carbonyl (C=O) groups excluding carboxylic acids is 1. The summed E-state index contributed by atoms with van der Waals surface area (Å²) >= 11 is 0. The quantitative estimate of drug-likeness (QED) is 0.870. The highest BCUT2D eigenvalue weighted by Crippen LogP contribution is 2.35. The van der Waals surface area contributed by atoms with Crippen molar-refractivity contribution in [3.8, 4) is 0 Å². The van der Waals surface area contributed by atoms with Crippen molar-refractivity contribution in [2.24, 2.45) is 13.0 Å². The average Bonchev–Trinajstić information content (AvgIpc) is 3.30. The first-order chi connectivity index (χ1) is 12.6. The van der Waals surface area contributed by atoms with Crippen LogP contribution in [0.15, 0.2) is 4.79 Å². The number of rotatable bonds is 4. The lowest BCUT2D eigenvalue weighted by molar-refractivity contribution is -0.126. The molecule has 0 spiro atoms. The molecule has 1 N–H and O–H groups in total. The van der Waals surface area contributed by atoms with E-state index in [2.05, 4.69) is 15.3 Å². The third kappa shape index (κ3) is 3.21. The number of carbonyl (C=O) groups is 1. The number of nitrogens with one attached hydrogen (secondary N) is 1. The van der Waals surface area contributed by atoms with Gasteiger partial charge in [-0.05, 0) is 45.2 Å². The zero-order valence-corrected chi connectivity index (χ0v) is 15.9. The molecule has 7 heteroatoms. The number of likely N-dealkylation sites (tertiary alicyclic amines) is 1. The Hall–Kier alpha value is -1.63. The van der Waals surface area contributed by atoms with Crippen LogP contribution in [0.1, 0.15) is 57.2 Å². The lowest BCUT2D eigenvalue weighted by Gasteiger charge is -2.45. The molecule has 1 atom stereocenters. The number of aromatic nitrogens is 3. The molecule has 1 saturated heterocycles. The Morgan fingerprint density at radius 1 is 1.19 bits per heavy atom. The number of fused-ring (bicyclic) bond motifs is 1. The van der Waals surface area contributed by atoms with Crippen molar-refractivity contribution < 1.29 is 4.79 Å². The van der Waals surface area contributed by atoms with Crippen LogP contribution in [-0.4, -0.2) is 50.3 Å². The molecule has 2 aliphatic heterocycles. The molecule has 3 aliphatic rings. The summed E-state index contributed by atoms with van der Waals surface area (Å²) in [5.41, 5.74) is 0.0494. The number of hydrogen-bond acceptors (Lipinski definition) is 4. The highest BCUT2D eigenvalue weighted by atomic mass is 16.2. The predicted octanol–water partition coefficient (Wildman–Crippen LogP) is 1.06. The molecular formula is C19H31N5O2. The maximum absolute atomic E-state index is 12.9. The third-order valence-corrected chi connectivity index (χ3v) is 6.73. The van der Waals surface area contributed by atoms with Gasteiger partial charge in [-0.25, -0.2) is 9.48 Å². The zero-order chi connectivity index (χ0) is 18.1. The van der Waals surface area contributed by atoms with E-state index in [4.69, 9.17) is 0 Å². The SMILES string of the molecule is Cn1nc2n(c1=O)CC(C(=O)NCC1(N3CCCC3)CCCCC1)CC2. The Morgan fingerprint density at radius 3 is 2.65 bits per heavy atom. The summed E-state index contributed by atoms with van der Waals surface area (Å²) in [5, 5.41) is 7.53. The van der Waals surface area contributed by atoms with Gasteiger partial charge in [-0.15, -0.1) is 0 Å². The summed E-state index contributed by atoms with van der Waals surface area (Å²) < 4.78 is 3.05. The van der Waals surface area contributed by atoms with E-state index in [1.54, 1.807) is 11.6 Å². The Kier molecular flexibility index (Phi) is 4.90. The minimum absolute atomic E-state index is 0.107. The van der Waals surface area contributed by atoms with Crippen molar-refractivity contribution >= 4 is 5.91 Å². The van der Waals surface area contributed by atoms with Crippen LogP contribution in [0, 0.1) is 5.92 Å². The Bertz CT molecular complexity index is 710. The molecule has 144 valence electrons. The Balaban J connectivity index is 1.41. The standard InChI is InChI=1S/C19H31N5O2/c1-22-18(26)24-13-15(7-8-16(24)21-22)17(25)20-14-19(9-3-2-4-10-19)23-11-5-6-12-23/h15H,2-14H2,1H3,(H,20,25). The molecule has 4 rings (SSSR count). The smallest absolute Gasteiger partial charge is 0.345 e. The minimum Gasteiger partial charge on any atom is -0.354 e. The Labute approximate surface area is 154 Å². The zero-order valence-electron chi connectivity index (χ0n) is 15.9. The molecule has 1 aromatic heterocycles. The van der Waals surface area contributed by atoms with E-state index in [0.717, 1.165) is 18.8 Å². The summed E-state index contributed by atoms with van der Waals surface area (Å²) in [6.45, 7) is 3.57. The molecule has 0 aromatic carbocycles. The second-order valence-corrected chi connectivity index (χ2v) is 8.37.